The Morgan fingerprint density at radius 1 is 1.61 bits per heavy atom. The molecule has 0 bridgehead atoms. The fourth-order valence-corrected chi connectivity index (χ4v) is 3.02. The fourth-order valence-electron chi connectivity index (χ4n) is 3.02. The summed E-state index contributed by atoms with van der Waals surface area (Å²) in [6.45, 7) is 3.49. The van der Waals surface area contributed by atoms with E-state index in [-0.39, 0.29) is 24.9 Å². The molecule has 0 saturated heterocycles. The van der Waals surface area contributed by atoms with E-state index in [2.05, 4.69) is 10.5 Å². The first-order valence-electron chi connectivity index (χ1n) is 8.00. The Labute approximate surface area is 134 Å². The Morgan fingerprint density at radius 3 is 3.04 bits per heavy atom. The number of aliphatic hydroxyl groups is 1. The highest BCUT2D eigenvalue weighted by atomic mass is 19.1. The molecule has 1 heterocycles. The van der Waals surface area contributed by atoms with Crippen LogP contribution in [0.4, 0.5) is 8.78 Å². The highest BCUT2D eigenvalue weighted by molar-refractivity contribution is 5.90. The Kier molecular flexibility index (Phi) is 5.73. The summed E-state index contributed by atoms with van der Waals surface area (Å²) in [6.07, 6.45) is 1.96. The maximum atomic E-state index is 14.7. The zero-order valence-corrected chi connectivity index (χ0v) is 13.5. The average Bonchev–Trinajstić information content (AvgIpc) is 2.90. The number of carbonyl (C=O) groups excluding carboxylic acids is 1. The number of aliphatic hydroxyl groups excluding tert-OH is 1. The minimum absolute atomic E-state index is 0.0203. The van der Waals surface area contributed by atoms with Gasteiger partial charge in [0.1, 0.15) is 17.6 Å². The molecule has 2 N–H and O–H groups in total. The molecular formula is C16H24F2N2O3. The van der Waals surface area contributed by atoms with Gasteiger partial charge in [0.05, 0.1) is 12.1 Å². The SMILES string of the molecule is CC1CC(C2=NOC(CC(=O)NCCCO)C2)C(C)(F)C=C1F. The van der Waals surface area contributed by atoms with E-state index in [1.807, 2.05) is 0 Å². The standard InChI is InChI=1S/C16H24F2N2O3/c1-10-6-12(16(2,18)9-13(10)17)14-7-11(23-20-14)8-15(22)19-4-3-5-21/h9-12,21H,3-8H2,1-2H3,(H,19,22). The topological polar surface area (TPSA) is 70.9 Å². The van der Waals surface area contributed by atoms with E-state index >= 15 is 0 Å². The number of allylic oxidation sites excluding steroid dienone is 2. The van der Waals surface area contributed by atoms with Crippen LogP contribution >= 0.6 is 0 Å². The van der Waals surface area contributed by atoms with E-state index in [0.717, 1.165) is 6.08 Å². The molecule has 1 amide bonds. The third kappa shape index (κ3) is 4.50. The summed E-state index contributed by atoms with van der Waals surface area (Å²) >= 11 is 0. The summed E-state index contributed by atoms with van der Waals surface area (Å²) in [5.41, 5.74) is -1.24. The van der Waals surface area contributed by atoms with Gasteiger partial charge in [-0.05, 0) is 25.8 Å². The summed E-state index contributed by atoms with van der Waals surface area (Å²) in [5.74, 6) is -1.48. The van der Waals surface area contributed by atoms with E-state index in [1.165, 1.54) is 6.92 Å². The maximum absolute atomic E-state index is 14.7. The van der Waals surface area contributed by atoms with Crippen LogP contribution in [0.1, 0.15) is 39.5 Å². The predicted molar refractivity (Wildman–Crippen MR) is 82.2 cm³/mol. The monoisotopic (exact) mass is 330 g/mol. The van der Waals surface area contributed by atoms with Crippen molar-refractivity contribution in [2.45, 2.75) is 51.3 Å². The summed E-state index contributed by atoms with van der Waals surface area (Å²) in [5, 5.41) is 15.3. The third-order valence-corrected chi connectivity index (χ3v) is 4.39. The molecule has 0 aromatic rings. The zero-order valence-electron chi connectivity index (χ0n) is 13.5. The summed E-state index contributed by atoms with van der Waals surface area (Å²) in [7, 11) is 0. The number of nitrogens with one attached hydrogen (secondary N) is 1. The summed E-state index contributed by atoms with van der Waals surface area (Å²) in [4.78, 5) is 17.0. The van der Waals surface area contributed by atoms with Gasteiger partial charge in [-0.2, -0.15) is 0 Å². The largest absolute Gasteiger partial charge is 0.396 e. The molecule has 1 aliphatic heterocycles. The molecule has 0 saturated carbocycles. The lowest BCUT2D eigenvalue weighted by atomic mass is 9.74. The van der Waals surface area contributed by atoms with Gasteiger partial charge in [0, 0.05) is 31.4 Å². The fraction of sp³-hybridized carbons (Fsp3) is 0.750. The van der Waals surface area contributed by atoms with Crippen LogP contribution < -0.4 is 5.32 Å². The number of hydrogen-bond donors (Lipinski definition) is 2. The van der Waals surface area contributed by atoms with Gasteiger partial charge in [0.2, 0.25) is 5.91 Å². The number of rotatable bonds is 6. The molecule has 0 aromatic carbocycles. The van der Waals surface area contributed by atoms with Gasteiger partial charge in [0.15, 0.2) is 0 Å². The molecular weight excluding hydrogens is 306 g/mol. The lowest BCUT2D eigenvalue weighted by Gasteiger charge is -2.34. The quantitative estimate of drug-likeness (QED) is 0.734. The van der Waals surface area contributed by atoms with Gasteiger partial charge < -0.3 is 15.3 Å². The lowest BCUT2D eigenvalue weighted by molar-refractivity contribution is -0.123. The lowest BCUT2D eigenvalue weighted by Crippen LogP contribution is -2.39. The van der Waals surface area contributed by atoms with Crippen molar-refractivity contribution in [3.8, 4) is 0 Å². The van der Waals surface area contributed by atoms with Crippen LogP contribution in [0.2, 0.25) is 0 Å². The molecule has 4 atom stereocenters. The van der Waals surface area contributed by atoms with Crippen LogP contribution in [-0.4, -0.2) is 41.6 Å². The van der Waals surface area contributed by atoms with Gasteiger partial charge in [-0.25, -0.2) is 8.78 Å². The molecule has 4 unspecified atom stereocenters. The van der Waals surface area contributed by atoms with Crippen molar-refractivity contribution in [1.29, 1.82) is 0 Å². The molecule has 1 aliphatic carbocycles. The van der Waals surface area contributed by atoms with E-state index in [9.17, 15) is 13.6 Å². The van der Waals surface area contributed by atoms with Crippen molar-refractivity contribution in [2.24, 2.45) is 17.0 Å². The van der Waals surface area contributed by atoms with Gasteiger partial charge in [-0.3, -0.25) is 4.79 Å². The van der Waals surface area contributed by atoms with E-state index in [1.54, 1.807) is 6.92 Å². The molecule has 0 radical (unpaired) electrons. The van der Waals surface area contributed by atoms with Crippen LogP contribution in [0.5, 0.6) is 0 Å². The van der Waals surface area contributed by atoms with Crippen molar-refractivity contribution >= 4 is 11.6 Å². The second-order valence-electron chi connectivity index (χ2n) is 6.52. The minimum atomic E-state index is -1.79. The van der Waals surface area contributed by atoms with Gasteiger partial charge in [0.25, 0.3) is 0 Å². The second-order valence-corrected chi connectivity index (χ2v) is 6.52. The van der Waals surface area contributed by atoms with Crippen molar-refractivity contribution in [1.82, 2.24) is 5.32 Å². The molecule has 0 aromatic heterocycles. The summed E-state index contributed by atoms with van der Waals surface area (Å²) in [6, 6.07) is 0. The van der Waals surface area contributed by atoms with E-state index < -0.39 is 23.5 Å². The van der Waals surface area contributed by atoms with E-state index in [0.29, 0.717) is 31.5 Å². The Bertz CT molecular complexity index is 506. The van der Waals surface area contributed by atoms with Crippen LogP contribution in [-0.2, 0) is 9.63 Å². The predicted octanol–water partition coefficient (Wildman–Crippen LogP) is 2.26. The molecule has 5 nitrogen and oxygen atoms in total. The number of amides is 1. The highest BCUT2D eigenvalue weighted by Gasteiger charge is 2.44. The maximum Gasteiger partial charge on any atom is 0.223 e. The van der Waals surface area contributed by atoms with Gasteiger partial charge >= 0.3 is 0 Å². The Balaban J connectivity index is 1.88. The first kappa shape index (κ1) is 17.8. The van der Waals surface area contributed by atoms with Crippen molar-refractivity contribution in [2.75, 3.05) is 13.2 Å². The highest BCUT2D eigenvalue weighted by Crippen LogP contribution is 2.41. The number of carbonyl (C=O) groups is 1. The number of hydrogen-bond acceptors (Lipinski definition) is 4. The van der Waals surface area contributed by atoms with Gasteiger partial charge in [-0.15, -0.1) is 0 Å². The molecule has 2 rings (SSSR count). The first-order valence-corrected chi connectivity index (χ1v) is 8.00. The number of alkyl halides is 1. The number of nitrogens with zero attached hydrogens (tertiary/aromatic N) is 1. The van der Waals surface area contributed by atoms with Crippen LogP contribution in [0, 0.1) is 11.8 Å². The normalized spacial score (nSPS) is 33.7. The minimum Gasteiger partial charge on any atom is -0.396 e. The zero-order chi connectivity index (χ0) is 17.0. The van der Waals surface area contributed by atoms with E-state index in [4.69, 9.17) is 9.94 Å². The molecule has 0 fully saturated rings. The summed E-state index contributed by atoms with van der Waals surface area (Å²) < 4.78 is 28.3. The smallest absolute Gasteiger partial charge is 0.223 e. The molecule has 130 valence electrons. The van der Waals surface area contributed by atoms with Crippen LogP contribution in [0.3, 0.4) is 0 Å². The van der Waals surface area contributed by atoms with Crippen LogP contribution in [0.15, 0.2) is 17.1 Å². The second kappa shape index (κ2) is 7.38. The third-order valence-electron chi connectivity index (χ3n) is 4.39. The molecule has 0 spiro atoms. The van der Waals surface area contributed by atoms with Crippen molar-refractivity contribution < 1.29 is 23.5 Å². The Hall–Kier alpha value is -1.50. The molecule has 2 aliphatic rings. The van der Waals surface area contributed by atoms with Crippen molar-refractivity contribution in [3.05, 3.63) is 11.9 Å². The average molecular weight is 330 g/mol. The number of halogens is 2. The van der Waals surface area contributed by atoms with Gasteiger partial charge in [-0.1, -0.05) is 12.1 Å². The Morgan fingerprint density at radius 2 is 2.35 bits per heavy atom. The van der Waals surface area contributed by atoms with Crippen molar-refractivity contribution in [3.63, 3.8) is 0 Å². The number of oxime groups is 1. The molecule has 23 heavy (non-hydrogen) atoms. The first-order chi connectivity index (χ1) is 10.8. The van der Waals surface area contributed by atoms with Crippen LogP contribution in [0.25, 0.3) is 0 Å². The molecule has 7 heteroatoms.